The first kappa shape index (κ1) is 21.9. The number of fused-ring (bicyclic) bond motifs is 2. The normalized spacial score (nSPS) is 15.1. The number of amides is 1. The van der Waals surface area contributed by atoms with Crippen LogP contribution in [0.5, 0.6) is 5.75 Å². The zero-order valence-electron chi connectivity index (χ0n) is 19.6. The summed E-state index contributed by atoms with van der Waals surface area (Å²) in [6.45, 7) is 3.99. The molecule has 36 heavy (non-hydrogen) atoms. The van der Waals surface area contributed by atoms with Crippen LogP contribution in [0.4, 0.5) is 10.2 Å². The highest BCUT2D eigenvalue weighted by Gasteiger charge is 2.33. The minimum Gasteiger partial charge on any atom is -0.489 e. The van der Waals surface area contributed by atoms with Crippen LogP contribution in [0, 0.1) is 19.7 Å². The Morgan fingerprint density at radius 2 is 1.92 bits per heavy atom. The Balaban J connectivity index is 1.35. The van der Waals surface area contributed by atoms with Gasteiger partial charge >= 0.3 is 0 Å². The Hall–Kier alpha value is -4.60. The molecule has 0 aliphatic carbocycles. The lowest BCUT2D eigenvalue weighted by atomic mass is 9.86. The van der Waals surface area contributed by atoms with Crippen LogP contribution in [0.2, 0.25) is 0 Å². The minimum atomic E-state index is -0.300. The first-order chi connectivity index (χ1) is 17.5. The van der Waals surface area contributed by atoms with Crippen LogP contribution in [0.15, 0.2) is 60.7 Å². The lowest BCUT2D eigenvalue weighted by Crippen LogP contribution is -2.25. The Morgan fingerprint density at radius 3 is 2.78 bits per heavy atom. The van der Waals surface area contributed by atoms with Crippen molar-refractivity contribution in [2.75, 3.05) is 5.32 Å². The number of benzene rings is 2. The van der Waals surface area contributed by atoms with Crippen LogP contribution in [0.3, 0.4) is 0 Å². The number of rotatable bonds is 5. The van der Waals surface area contributed by atoms with E-state index in [0.717, 1.165) is 22.4 Å². The van der Waals surface area contributed by atoms with Crippen molar-refractivity contribution in [1.29, 1.82) is 0 Å². The minimum absolute atomic E-state index is 0.110. The fourth-order valence-electron chi connectivity index (χ4n) is 4.61. The largest absolute Gasteiger partial charge is 0.489 e. The van der Waals surface area contributed by atoms with Gasteiger partial charge in [-0.2, -0.15) is 14.3 Å². The quantitative estimate of drug-likeness (QED) is 0.404. The predicted octanol–water partition coefficient (Wildman–Crippen LogP) is 4.12. The SMILES string of the molecule is Cc1nn(-c2ccc3nnc(C)n3n2)c2c1C(c1cccc(OCc3cccc(F)c3)c1)CC(=O)N2. The third-order valence-electron chi connectivity index (χ3n) is 6.28. The molecule has 1 aliphatic heterocycles. The summed E-state index contributed by atoms with van der Waals surface area (Å²) in [5.41, 5.74) is 4.03. The molecule has 1 unspecified atom stereocenters. The Bertz CT molecular complexity index is 1620. The highest BCUT2D eigenvalue weighted by Crippen LogP contribution is 2.40. The van der Waals surface area contributed by atoms with Gasteiger partial charge in [0.2, 0.25) is 5.91 Å². The van der Waals surface area contributed by atoms with Crippen molar-refractivity contribution in [3.63, 3.8) is 0 Å². The molecule has 6 rings (SSSR count). The summed E-state index contributed by atoms with van der Waals surface area (Å²) in [6.07, 6.45) is 0.282. The Labute approximate surface area is 205 Å². The summed E-state index contributed by atoms with van der Waals surface area (Å²) in [5.74, 6) is 1.82. The number of ether oxygens (including phenoxy) is 1. The third kappa shape index (κ3) is 3.86. The van der Waals surface area contributed by atoms with E-state index < -0.39 is 0 Å². The first-order valence-corrected chi connectivity index (χ1v) is 11.5. The van der Waals surface area contributed by atoms with Crippen LogP contribution in [0.1, 0.15) is 40.5 Å². The summed E-state index contributed by atoms with van der Waals surface area (Å²) in [5, 5.41) is 20.5. The maximum Gasteiger partial charge on any atom is 0.226 e. The van der Waals surface area contributed by atoms with E-state index in [4.69, 9.17) is 9.84 Å². The van der Waals surface area contributed by atoms with Gasteiger partial charge in [0.05, 0.1) is 5.69 Å². The molecule has 180 valence electrons. The second-order valence-electron chi connectivity index (χ2n) is 8.76. The number of aryl methyl sites for hydroxylation is 2. The van der Waals surface area contributed by atoms with Crippen LogP contribution < -0.4 is 10.1 Å². The van der Waals surface area contributed by atoms with Crippen molar-refractivity contribution in [1.82, 2.24) is 29.6 Å². The van der Waals surface area contributed by atoms with E-state index in [1.807, 2.05) is 50.2 Å². The fraction of sp³-hybridized carbons (Fsp3) is 0.192. The maximum atomic E-state index is 13.5. The molecule has 1 aliphatic rings. The molecule has 0 saturated heterocycles. The molecule has 10 heteroatoms. The first-order valence-electron chi connectivity index (χ1n) is 11.5. The second kappa shape index (κ2) is 8.56. The Kier molecular flexibility index (Phi) is 5.21. The molecule has 5 aromatic rings. The number of carbonyl (C=O) groups excluding carboxylic acids is 1. The average molecular weight is 484 g/mol. The molecule has 1 N–H and O–H groups in total. The van der Waals surface area contributed by atoms with Gasteiger partial charge in [-0.1, -0.05) is 24.3 Å². The standard InChI is InChI=1S/C26H22FN7O2/c1-15-25-21(18-6-4-8-20(12-18)36-14-17-5-3-7-19(27)11-17)13-24(35)28-26(25)34(31-15)23-10-9-22-30-29-16(2)33(22)32-23/h3-12,21H,13-14H2,1-2H3,(H,28,35). The zero-order valence-corrected chi connectivity index (χ0v) is 19.6. The van der Waals surface area contributed by atoms with Crippen LogP contribution >= 0.6 is 0 Å². The molecule has 3 aromatic heterocycles. The number of nitrogens with zero attached hydrogens (tertiary/aromatic N) is 6. The topological polar surface area (TPSA) is 99.2 Å². The zero-order chi connectivity index (χ0) is 24.8. The van der Waals surface area contributed by atoms with E-state index in [1.54, 1.807) is 21.3 Å². The van der Waals surface area contributed by atoms with Gasteiger partial charge in [-0.05, 0) is 61.4 Å². The number of aromatic nitrogens is 6. The lowest BCUT2D eigenvalue weighted by Gasteiger charge is -2.24. The van der Waals surface area contributed by atoms with Crippen molar-refractivity contribution in [3.05, 3.63) is 94.7 Å². The number of anilines is 1. The van der Waals surface area contributed by atoms with Crippen LogP contribution in [-0.4, -0.2) is 35.5 Å². The smallest absolute Gasteiger partial charge is 0.226 e. The Morgan fingerprint density at radius 1 is 1.06 bits per heavy atom. The van der Waals surface area contributed by atoms with Gasteiger partial charge in [0.15, 0.2) is 17.3 Å². The van der Waals surface area contributed by atoms with Gasteiger partial charge in [0.1, 0.15) is 24.0 Å². The summed E-state index contributed by atoms with van der Waals surface area (Å²) < 4.78 is 22.7. The van der Waals surface area contributed by atoms with Crippen molar-refractivity contribution >= 4 is 17.4 Å². The van der Waals surface area contributed by atoms with Gasteiger partial charge in [-0.25, -0.2) is 4.39 Å². The average Bonchev–Trinajstić information content (AvgIpc) is 3.41. The van der Waals surface area contributed by atoms with Gasteiger partial charge in [-0.15, -0.1) is 15.3 Å². The molecule has 0 radical (unpaired) electrons. The molecule has 0 bridgehead atoms. The monoisotopic (exact) mass is 483 g/mol. The summed E-state index contributed by atoms with van der Waals surface area (Å²) >= 11 is 0. The van der Waals surface area contributed by atoms with Crippen LogP contribution in [-0.2, 0) is 11.4 Å². The molecular weight excluding hydrogens is 461 g/mol. The van der Waals surface area contributed by atoms with Crippen LogP contribution in [0.25, 0.3) is 11.5 Å². The van der Waals surface area contributed by atoms with Gasteiger partial charge in [-0.3, -0.25) is 4.79 Å². The maximum absolute atomic E-state index is 13.5. The van der Waals surface area contributed by atoms with Gasteiger partial charge < -0.3 is 10.1 Å². The number of hydrogen-bond donors (Lipinski definition) is 1. The summed E-state index contributed by atoms with van der Waals surface area (Å²) in [4.78, 5) is 12.8. The number of hydrogen-bond acceptors (Lipinski definition) is 6. The molecule has 0 fully saturated rings. The lowest BCUT2D eigenvalue weighted by molar-refractivity contribution is -0.116. The highest BCUT2D eigenvalue weighted by atomic mass is 19.1. The molecule has 1 amide bonds. The predicted molar refractivity (Wildman–Crippen MR) is 130 cm³/mol. The van der Waals surface area contributed by atoms with Crippen molar-refractivity contribution in [3.8, 4) is 11.6 Å². The summed E-state index contributed by atoms with van der Waals surface area (Å²) in [7, 11) is 0. The molecule has 9 nitrogen and oxygen atoms in total. The summed E-state index contributed by atoms with van der Waals surface area (Å²) in [6, 6.07) is 17.6. The third-order valence-corrected chi connectivity index (χ3v) is 6.28. The van der Waals surface area contributed by atoms with Crippen molar-refractivity contribution < 1.29 is 13.9 Å². The van der Waals surface area contributed by atoms with E-state index in [0.29, 0.717) is 28.9 Å². The molecule has 1 atom stereocenters. The van der Waals surface area contributed by atoms with E-state index in [1.165, 1.54) is 12.1 Å². The second-order valence-corrected chi connectivity index (χ2v) is 8.76. The van der Waals surface area contributed by atoms with E-state index >= 15 is 0 Å². The highest BCUT2D eigenvalue weighted by molar-refractivity contribution is 5.95. The number of nitrogens with one attached hydrogen (secondary N) is 1. The van der Waals surface area contributed by atoms with E-state index in [2.05, 4.69) is 20.6 Å². The van der Waals surface area contributed by atoms with E-state index in [9.17, 15) is 9.18 Å². The molecular formula is C26H22FN7O2. The van der Waals surface area contributed by atoms with Gasteiger partial charge in [0.25, 0.3) is 0 Å². The van der Waals surface area contributed by atoms with Crippen molar-refractivity contribution in [2.24, 2.45) is 0 Å². The molecule has 0 saturated carbocycles. The van der Waals surface area contributed by atoms with Gasteiger partial charge in [0, 0.05) is 17.9 Å². The molecule has 2 aromatic carbocycles. The molecule has 0 spiro atoms. The number of carbonyl (C=O) groups is 1. The molecule has 4 heterocycles. The van der Waals surface area contributed by atoms with Crippen molar-refractivity contribution in [2.45, 2.75) is 32.8 Å². The fourth-order valence-corrected chi connectivity index (χ4v) is 4.61. The number of halogens is 1. The van der Waals surface area contributed by atoms with E-state index in [-0.39, 0.29) is 30.7 Å².